The molecule has 2 bridgehead atoms. The summed E-state index contributed by atoms with van der Waals surface area (Å²) in [7, 11) is 39.6. The van der Waals surface area contributed by atoms with E-state index in [9.17, 15) is 4.79 Å². The van der Waals surface area contributed by atoms with Crippen LogP contribution in [-0.2, 0) is 18.4 Å². The van der Waals surface area contributed by atoms with Gasteiger partial charge in [-0.3, -0.25) is 4.79 Å². The third kappa shape index (κ3) is 14.1. The molecule has 43 heavy (non-hydrogen) atoms. The van der Waals surface area contributed by atoms with E-state index in [0.29, 0.717) is 12.8 Å². The Balaban J connectivity index is 2.75. The number of ketones is 1. The second-order valence-electron chi connectivity index (χ2n) is 9.92. The van der Waals surface area contributed by atoms with Crippen LogP contribution in [0.5, 0.6) is 0 Å². The van der Waals surface area contributed by atoms with E-state index in [1.165, 1.54) is 11.1 Å². The molecule has 0 saturated heterocycles. The highest BCUT2D eigenvalue weighted by atomic mass is 33.2. The molecule has 0 N–H and O–H groups in total. The summed E-state index contributed by atoms with van der Waals surface area (Å²) in [5.74, 6) is 0.271. The number of carbonyl (C=O) groups is 1. The lowest BCUT2D eigenvalue weighted by Gasteiger charge is -2.52. The minimum atomic E-state index is -0.664. The number of fused-ring (bicyclic) bond motifs is 2. The molecule has 0 amide bonds. The normalized spacial score (nSPS) is 28.4. The molecule has 0 aromatic heterocycles. The highest BCUT2D eigenvalue weighted by molar-refractivity contribution is 9.19. The van der Waals surface area contributed by atoms with Crippen LogP contribution in [0.15, 0.2) is 11.1 Å². The molecule has 23 atom stereocenters. The minimum absolute atomic E-state index is 0.0316. The standard InChI is InChI=1S/C14H47O4P25/c1-7-11(18-35(41(31)37(23)24)43(39(27)28)40(29)30)6-8-13(16-32-19)9(15)4-5-10(12(7)14(8,2)3)17-34(36(21)22)42(33-20)38(25)26/h8,10-11,13,32-33H,4-6,19-31H2,1-3H3/t8?,10-,11-,13-,34?,35?,41?,42?/m0/s1. The smallest absolute Gasteiger partial charge is 0.162 e. The third-order valence-corrected chi connectivity index (χ3v) is 126. The lowest BCUT2D eigenvalue weighted by atomic mass is 9.59. The van der Waals surface area contributed by atoms with Crippen molar-refractivity contribution in [3.63, 3.8) is 0 Å². The highest BCUT2D eigenvalue weighted by Gasteiger charge is 2.53. The summed E-state index contributed by atoms with van der Waals surface area (Å²) in [5, 5.41) is 0. The van der Waals surface area contributed by atoms with Gasteiger partial charge in [-0.25, -0.2) is 0 Å². The van der Waals surface area contributed by atoms with E-state index < -0.39 is 28.1 Å². The van der Waals surface area contributed by atoms with Crippen molar-refractivity contribution < 1.29 is 18.4 Å². The van der Waals surface area contributed by atoms with Gasteiger partial charge in [-0.05, 0) is 71.3 Å². The summed E-state index contributed by atoms with van der Waals surface area (Å²) in [4.78, 5) is 13.9. The number of hydrogen-bond acceptors (Lipinski definition) is 4. The molecular weight excluding hydrogens is 1010 g/mol. The summed E-state index contributed by atoms with van der Waals surface area (Å²) >= 11 is 0. The van der Waals surface area contributed by atoms with Gasteiger partial charge in [0.1, 0.15) is 6.10 Å². The Morgan fingerprint density at radius 1 is 0.791 bits per heavy atom. The Kier molecular flexibility index (Phi) is 27.5. The maximum absolute atomic E-state index is 13.9. The van der Waals surface area contributed by atoms with Crippen LogP contribution in [-0.4, -0.2) is 24.1 Å². The summed E-state index contributed by atoms with van der Waals surface area (Å²) < 4.78 is 21.2. The molecule has 0 aliphatic heterocycles. The van der Waals surface area contributed by atoms with Gasteiger partial charge >= 0.3 is 0 Å². The Labute approximate surface area is 305 Å². The highest BCUT2D eigenvalue weighted by Crippen LogP contribution is 3.18. The van der Waals surface area contributed by atoms with Crippen molar-refractivity contribution in [2.75, 3.05) is 0 Å². The molecule has 1 fully saturated rings. The molecule has 4 nitrogen and oxygen atoms in total. The van der Waals surface area contributed by atoms with Crippen molar-refractivity contribution in [1.29, 1.82) is 0 Å². The van der Waals surface area contributed by atoms with E-state index in [2.05, 4.69) is 137 Å². The molecule has 20 unspecified atom stereocenters. The van der Waals surface area contributed by atoms with Crippen LogP contribution in [0.4, 0.5) is 0 Å². The number of hydrogen-bond donors (Lipinski definition) is 0. The van der Waals surface area contributed by atoms with E-state index in [4.69, 9.17) is 13.6 Å². The van der Waals surface area contributed by atoms with Gasteiger partial charge < -0.3 is 13.6 Å². The van der Waals surface area contributed by atoms with Crippen molar-refractivity contribution in [2.24, 2.45) is 11.3 Å². The first-order chi connectivity index (χ1) is 19.9. The zero-order valence-electron chi connectivity index (χ0n) is 24.0. The Bertz CT molecular complexity index is 926. The fourth-order valence-corrected chi connectivity index (χ4v) is 168. The lowest BCUT2D eigenvalue weighted by Crippen LogP contribution is -2.50. The zero-order chi connectivity index (χ0) is 33.0. The molecule has 0 spiro atoms. The number of rotatable bonds is 15. The zero-order valence-corrected chi connectivity index (χ0v) is 50.0. The van der Waals surface area contributed by atoms with E-state index >= 15 is 0 Å². The first kappa shape index (κ1) is 49.2. The topological polar surface area (TPSA) is 44.8 Å². The molecule has 0 heterocycles. The average Bonchev–Trinajstić information content (AvgIpc) is 2.89. The SMILES string of the molecule is CC1=C2[C@@H](OP(P(P)P)P(PP)P(P)P)CCC(=O)[C@@H](OPP)C(C[C@@H]1OP(P(P)P(P)P)P(P(P)P)P(P)P)C2(C)C. The molecule has 2 aliphatic rings. The number of carbonyl (C=O) groups excluding carboxylic acids is 1. The third-order valence-electron chi connectivity index (χ3n) is 6.96. The average molecular weight is 1050 g/mol. The van der Waals surface area contributed by atoms with Crippen LogP contribution < -0.4 is 0 Å². The van der Waals surface area contributed by atoms with Gasteiger partial charge in [-0.1, -0.05) is 39.7 Å². The largest absolute Gasteiger partial charge is 0.347 e. The first-order valence-electron chi connectivity index (χ1n) is 12.3. The predicted molar refractivity (Wildman–Crippen MR) is 276 cm³/mol. The van der Waals surface area contributed by atoms with E-state index in [1.807, 2.05) is 0 Å². The van der Waals surface area contributed by atoms with Gasteiger partial charge in [-0.15, -0.1) is 98.2 Å². The van der Waals surface area contributed by atoms with Crippen molar-refractivity contribution in [2.45, 2.75) is 58.3 Å². The predicted octanol–water partition coefficient (Wildman–Crippen LogP) is 16.3. The summed E-state index contributed by atoms with van der Waals surface area (Å²) in [6.45, 7) is 4.51. The molecule has 252 valence electrons. The first-order valence-corrected chi connectivity index (χ1v) is 55.4. The Morgan fingerprint density at radius 2 is 1.35 bits per heavy atom. The van der Waals surface area contributed by atoms with Crippen LogP contribution in [0.3, 0.4) is 0 Å². The van der Waals surface area contributed by atoms with Crippen molar-refractivity contribution in [1.82, 2.24) is 0 Å². The van der Waals surface area contributed by atoms with Crippen LogP contribution in [0.25, 0.3) is 0 Å². The monoisotopic (exact) mass is 1050 g/mol. The van der Waals surface area contributed by atoms with E-state index in [1.54, 1.807) is 0 Å². The fourth-order valence-electron chi connectivity index (χ4n) is 5.17. The number of Topliss-reactive ketones (excluding diaryl/α,β-unsaturated/α-hetero) is 1. The molecule has 0 aromatic carbocycles. The maximum atomic E-state index is 13.9. The van der Waals surface area contributed by atoms with Crippen LogP contribution in [0.2, 0.25) is 0 Å². The van der Waals surface area contributed by atoms with Crippen molar-refractivity contribution in [3.05, 3.63) is 11.1 Å². The molecule has 1 saturated carbocycles. The maximum Gasteiger partial charge on any atom is 0.162 e. The van der Waals surface area contributed by atoms with E-state index in [-0.39, 0.29) is 86.7 Å². The quantitative estimate of drug-likeness (QED) is 0.121. The van der Waals surface area contributed by atoms with Crippen LogP contribution in [0.1, 0.15) is 40.0 Å². The summed E-state index contributed by atoms with van der Waals surface area (Å²) in [6, 6.07) is 0. The fraction of sp³-hybridized carbons (Fsp3) is 0.786. The molecule has 29 heteroatoms. The van der Waals surface area contributed by atoms with Crippen LogP contribution >= 0.6 is 203 Å². The molecule has 0 aromatic rings. The molecule has 0 radical (unpaired) electrons. The van der Waals surface area contributed by atoms with Crippen LogP contribution in [0, 0.1) is 11.3 Å². The van der Waals surface area contributed by atoms with Gasteiger partial charge in [0.25, 0.3) is 0 Å². The van der Waals surface area contributed by atoms with Gasteiger partial charge in [0.05, 0.1) is 27.3 Å². The molecule has 2 aliphatic carbocycles. The van der Waals surface area contributed by atoms with E-state index in [0.717, 1.165) is 14.4 Å². The van der Waals surface area contributed by atoms with Crippen molar-refractivity contribution in [3.8, 4) is 0 Å². The minimum Gasteiger partial charge on any atom is -0.347 e. The molecular formula is C14H47O4P25. The van der Waals surface area contributed by atoms with Crippen molar-refractivity contribution >= 4 is 209 Å². The molecule has 2 rings (SSSR count). The summed E-state index contributed by atoms with van der Waals surface area (Å²) in [5.41, 5.74) is 2.49. The van der Waals surface area contributed by atoms with Gasteiger partial charge in [-0.2, -0.15) is 0 Å². The Morgan fingerprint density at radius 3 is 1.79 bits per heavy atom. The second-order valence-corrected chi connectivity index (χ2v) is 94.4. The van der Waals surface area contributed by atoms with Gasteiger partial charge in [0.2, 0.25) is 0 Å². The second kappa shape index (κ2) is 24.1. The van der Waals surface area contributed by atoms with Gasteiger partial charge in [0.15, 0.2) is 5.78 Å². The lowest BCUT2D eigenvalue weighted by molar-refractivity contribution is -0.132. The Hall–Kier alpha value is 10.0. The van der Waals surface area contributed by atoms with Gasteiger partial charge in [0, 0.05) is 41.8 Å². The summed E-state index contributed by atoms with van der Waals surface area (Å²) in [6.07, 6.45) is 1.51.